The van der Waals surface area contributed by atoms with Gasteiger partial charge in [0.25, 0.3) is 0 Å². The van der Waals surface area contributed by atoms with Crippen molar-refractivity contribution in [1.29, 1.82) is 5.26 Å². The monoisotopic (exact) mass is 233 g/mol. The number of benzene rings is 1. The summed E-state index contributed by atoms with van der Waals surface area (Å²) in [7, 11) is 0. The smallest absolute Gasteiger partial charge is 0.144 e. The van der Waals surface area contributed by atoms with Crippen molar-refractivity contribution in [3.8, 4) is 6.07 Å². The molecule has 1 aliphatic rings. The van der Waals surface area contributed by atoms with Gasteiger partial charge < -0.3 is 0 Å². The molecule has 88 valence electrons. The van der Waals surface area contributed by atoms with E-state index < -0.39 is 17.2 Å². The second kappa shape index (κ2) is 4.67. The van der Waals surface area contributed by atoms with E-state index >= 15 is 0 Å². The topological polar surface area (TPSA) is 23.8 Å². The molecule has 1 aromatic carbocycles. The Kier molecular flexibility index (Phi) is 3.23. The van der Waals surface area contributed by atoms with Crippen molar-refractivity contribution < 1.29 is 8.78 Å². The highest BCUT2D eigenvalue weighted by molar-refractivity contribution is 5.67. The maximum Gasteiger partial charge on any atom is 0.144 e. The van der Waals surface area contributed by atoms with E-state index in [1.807, 2.05) is 6.08 Å². The first-order valence-corrected chi connectivity index (χ1v) is 5.70. The Balaban J connectivity index is 2.39. The van der Waals surface area contributed by atoms with Crippen LogP contribution in [0.3, 0.4) is 0 Å². The van der Waals surface area contributed by atoms with Crippen molar-refractivity contribution in [3.05, 3.63) is 41.0 Å². The van der Waals surface area contributed by atoms with Crippen LogP contribution in [0.15, 0.2) is 18.2 Å². The van der Waals surface area contributed by atoms with Gasteiger partial charge in [-0.2, -0.15) is 5.26 Å². The maximum absolute atomic E-state index is 13.5. The van der Waals surface area contributed by atoms with Gasteiger partial charge in [0.05, 0.1) is 0 Å². The minimum atomic E-state index is -0.776. The van der Waals surface area contributed by atoms with Crippen molar-refractivity contribution >= 4 is 5.57 Å². The number of hydrogen-bond donors (Lipinski definition) is 0. The zero-order chi connectivity index (χ0) is 12.4. The Morgan fingerprint density at radius 1 is 1.29 bits per heavy atom. The molecule has 1 unspecified atom stereocenters. The molecule has 17 heavy (non-hydrogen) atoms. The largest absolute Gasteiger partial charge is 0.205 e. The van der Waals surface area contributed by atoms with E-state index in [9.17, 15) is 8.78 Å². The van der Waals surface area contributed by atoms with Gasteiger partial charge >= 0.3 is 0 Å². The lowest BCUT2D eigenvalue weighted by Crippen LogP contribution is -2.02. The van der Waals surface area contributed by atoms with Crippen LogP contribution in [-0.4, -0.2) is 0 Å². The van der Waals surface area contributed by atoms with Crippen LogP contribution in [-0.2, 0) is 0 Å². The molecule has 0 N–H and O–H groups in total. The van der Waals surface area contributed by atoms with Crippen LogP contribution in [0.5, 0.6) is 0 Å². The third-order valence-corrected chi connectivity index (χ3v) is 3.20. The molecule has 0 fully saturated rings. The average molecular weight is 233 g/mol. The van der Waals surface area contributed by atoms with Crippen LogP contribution in [0, 0.1) is 28.9 Å². The normalized spacial score (nSPS) is 19.6. The van der Waals surface area contributed by atoms with Crippen molar-refractivity contribution in [2.75, 3.05) is 0 Å². The lowest BCUT2D eigenvalue weighted by atomic mass is 9.87. The first-order valence-electron chi connectivity index (χ1n) is 5.70. The molecule has 0 aromatic heterocycles. The fourth-order valence-electron chi connectivity index (χ4n) is 2.09. The summed E-state index contributed by atoms with van der Waals surface area (Å²) in [5.74, 6) is -0.920. The predicted octanol–water partition coefficient (Wildman–Crippen LogP) is 4.04. The third kappa shape index (κ3) is 2.36. The highest BCUT2D eigenvalue weighted by Gasteiger charge is 2.16. The summed E-state index contributed by atoms with van der Waals surface area (Å²) in [6, 6.07) is 4.04. The van der Waals surface area contributed by atoms with Crippen molar-refractivity contribution in [1.82, 2.24) is 0 Å². The molecule has 0 saturated heterocycles. The lowest BCUT2D eigenvalue weighted by Gasteiger charge is -2.18. The average Bonchev–Trinajstić information content (AvgIpc) is 2.29. The predicted molar refractivity (Wildman–Crippen MR) is 62.1 cm³/mol. The summed E-state index contributed by atoms with van der Waals surface area (Å²) in [6.07, 6.45) is 4.86. The van der Waals surface area contributed by atoms with Crippen LogP contribution in [0.2, 0.25) is 0 Å². The zero-order valence-corrected chi connectivity index (χ0v) is 9.63. The van der Waals surface area contributed by atoms with E-state index in [0.29, 0.717) is 11.5 Å². The molecule has 1 aliphatic carbocycles. The quantitative estimate of drug-likeness (QED) is 0.718. The van der Waals surface area contributed by atoms with Gasteiger partial charge in [0, 0.05) is 0 Å². The summed E-state index contributed by atoms with van der Waals surface area (Å²) in [5.41, 5.74) is 1.04. The van der Waals surface area contributed by atoms with E-state index in [-0.39, 0.29) is 0 Å². The zero-order valence-electron chi connectivity index (χ0n) is 9.63. The van der Waals surface area contributed by atoms with Crippen LogP contribution in [0.1, 0.15) is 37.3 Å². The Hall–Kier alpha value is -1.69. The number of hydrogen-bond acceptors (Lipinski definition) is 1. The van der Waals surface area contributed by atoms with E-state index in [0.717, 1.165) is 24.8 Å². The first-order chi connectivity index (χ1) is 8.11. The van der Waals surface area contributed by atoms with Crippen LogP contribution < -0.4 is 0 Å². The Morgan fingerprint density at radius 3 is 2.41 bits per heavy atom. The van der Waals surface area contributed by atoms with Gasteiger partial charge in [-0.25, -0.2) is 8.78 Å². The number of allylic oxidation sites excluding steroid dienone is 2. The van der Waals surface area contributed by atoms with Gasteiger partial charge in [0.1, 0.15) is 23.3 Å². The molecule has 0 aliphatic heterocycles. The number of rotatable bonds is 1. The molecule has 0 heterocycles. The maximum atomic E-state index is 13.5. The van der Waals surface area contributed by atoms with Gasteiger partial charge in [0.2, 0.25) is 0 Å². The summed E-state index contributed by atoms with van der Waals surface area (Å²) in [4.78, 5) is 0. The summed E-state index contributed by atoms with van der Waals surface area (Å²) in [6.45, 7) is 2.16. The van der Waals surface area contributed by atoms with E-state index in [1.54, 1.807) is 0 Å². The third-order valence-electron chi connectivity index (χ3n) is 3.20. The van der Waals surface area contributed by atoms with Crippen LogP contribution >= 0.6 is 0 Å². The molecule has 0 amide bonds. The molecule has 1 nitrogen and oxygen atoms in total. The van der Waals surface area contributed by atoms with Gasteiger partial charge in [-0.3, -0.25) is 0 Å². The lowest BCUT2D eigenvalue weighted by molar-refractivity contribution is 0.532. The Morgan fingerprint density at radius 2 is 1.94 bits per heavy atom. The molecule has 0 spiro atoms. The molecule has 1 atom stereocenters. The molecule has 2 rings (SSSR count). The minimum Gasteiger partial charge on any atom is -0.205 e. The second-order valence-corrected chi connectivity index (χ2v) is 4.54. The van der Waals surface area contributed by atoms with Gasteiger partial charge in [-0.15, -0.1) is 0 Å². The molecule has 3 heteroatoms. The number of nitrogens with zero attached hydrogens (tertiary/aromatic N) is 1. The second-order valence-electron chi connectivity index (χ2n) is 4.54. The van der Waals surface area contributed by atoms with Crippen molar-refractivity contribution in [2.45, 2.75) is 26.2 Å². The summed E-state index contributed by atoms with van der Waals surface area (Å²) in [5, 5.41) is 8.59. The highest BCUT2D eigenvalue weighted by Crippen LogP contribution is 2.31. The van der Waals surface area contributed by atoms with Gasteiger partial charge in [-0.05, 0) is 48.4 Å². The van der Waals surface area contributed by atoms with Crippen LogP contribution in [0.4, 0.5) is 8.78 Å². The highest BCUT2D eigenvalue weighted by atomic mass is 19.1. The fraction of sp³-hybridized carbons (Fsp3) is 0.357. The Labute approximate surface area is 99.4 Å². The summed E-state index contributed by atoms with van der Waals surface area (Å²) < 4.78 is 26.9. The van der Waals surface area contributed by atoms with E-state index in [1.165, 1.54) is 18.2 Å². The molecule has 0 saturated carbocycles. The number of halogens is 2. The molecular formula is C14H13F2N. The number of nitriles is 1. The summed E-state index contributed by atoms with van der Waals surface area (Å²) >= 11 is 0. The van der Waals surface area contributed by atoms with Crippen molar-refractivity contribution in [2.24, 2.45) is 5.92 Å². The Bertz CT molecular complexity index is 488. The fourth-order valence-corrected chi connectivity index (χ4v) is 2.09. The molecule has 1 aromatic rings. The molecular weight excluding hydrogens is 220 g/mol. The van der Waals surface area contributed by atoms with E-state index in [2.05, 4.69) is 6.92 Å². The minimum absolute atomic E-state index is 0.501. The SMILES string of the molecule is CC1CC=C(c2cc(F)c(C#N)c(F)c2)CC1. The molecule has 0 bridgehead atoms. The molecule has 0 radical (unpaired) electrons. The van der Waals surface area contributed by atoms with Crippen molar-refractivity contribution in [3.63, 3.8) is 0 Å². The van der Waals surface area contributed by atoms with Crippen LogP contribution in [0.25, 0.3) is 5.57 Å². The first kappa shape index (κ1) is 11.8. The standard InChI is InChI=1S/C14H13F2N/c1-9-2-4-10(5-3-9)11-6-13(15)12(8-17)14(16)7-11/h4,6-7,9H,2-3,5H2,1H3. The van der Waals surface area contributed by atoms with Gasteiger partial charge in [-0.1, -0.05) is 13.0 Å². The van der Waals surface area contributed by atoms with Gasteiger partial charge in [0.15, 0.2) is 0 Å². The van der Waals surface area contributed by atoms with E-state index in [4.69, 9.17) is 5.26 Å².